The summed E-state index contributed by atoms with van der Waals surface area (Å²) in [5.41, 5.74) is 0.273. The van der Waals surface area contributed by atoms with Crippen molar-refractivity contribution < 1.29 is 24.2 Å². The molecule has 0 saturated heterocycles. The van der Waals surface area contributed by atoms with Gasteiger partial charge in [-0.25, -0.2) is 4.79 Å². The Morgan fingerprint density at radius 1 is 1.15 bits per heavy atom. The Morgan fingerprint density at radius 2 is 1.78 bits per heavy atom. The van der Waals surface area contributed by atoms with Gasteiger partial charge in [0.25, 0.3) is 0 Å². The Hall–Kier alpha value is -2.57. The zero-order valence-corrected chi connectivity index (χ0v) is 16.5. The molecule has 0 bridgehead atoms. The molecule has 1 atom stereocenters. The van der Waals surface area contributed by atoms with E-state index < -0.39 is 23.7 Å². The van der Waals surface area contributed by atoms with Crippen molar-refractivity contribution in [2.75, 3.05) is 13.6 Å². The predicted octanol–water partition coefficient (Wildman–Crippen LogP) is 2.84. The van der Waals surface area contributed by atoms with E-state index in [2.05, 4.69) is 5.32 Å². The normalized spacial score (nSPS) is 12.1. The quantitative estimate of drug-likeness (QED) is 0.644. The molecule has 27 heavy (non-hydrogen) atoms. The highest BCUT2D eigenvalue weighted by Crippen LogP contribution is 2.14. The van der Waals surface area contributed by atoms with E-state index in [1.807, 2.05) is 30.3 Å². The Bertz CT molecular complexity index is 625. The first kappa shape index (κ1) is 22.5. The van der Waals surface area contributed by atoms with Crippen LogP contribution in [0.15, 0.2) is 30.3 Å². The van der Waals surface area contributed by atoms with Crippen LogP contribution in [0.1, 0.15) is 45.6 Å². The van der Waals surface area contributed by atoms with Crippen LogP contribution in [-0.2, 0) is 20.7 Å². The summed E-state index contributed by atoms with van der Waals surface area (Å²) in [5, 5.41) is 11.4. The molecule has 150 valence electrons. The second-order valence-electron chi connectivity index (χ2n) is 7.44. The van der Waals surface area contributed by atoms with Gasteiger partial charge in [-0.3, -0.25) is 14.5 Å². The Kier molecular flexibility index (Phi) is 8.78. The molecule has 0 heterocycles. The van der Waals surface area contributed by atoms with E-state index >= 15 is 0 Å². The molecule has 0 aliphatic heterocycles. The number of carbonyl (C=O) groups is 3. The molecule has 0 aromatic heterocycles. The molecule has 7 heteroatoms. The maximum absolute atomic E-state index is 12.7. The number of hydrogen-bond acceptors (Lipinski definition) is 4. The zero-order valence-electron chi connectivity index (χ0n) is 16.5. The second-order valence-corrected chi connectivity index (χ2v) is 7.44. The van der Waals surface area contributed by atoms with Crippen molar-refractivity contribution in [1.29, 1.82) is 0 Å². The van der Waals surface area contributed by atoms with Crippen LogP contribution in [0.3, 0.4) is 0 Å². The van der Waals surface area contributed by atoms with E-state index in [9.17, 15) is 14.4 Å². The number of nitrogens with one attached hydrogen (secondary N) is 1. The summed E-state index contributed by atoms with van der Waals surface area (Å²) in [5.74, 6) is -1.14. The minimum Gasteiger partial charge on any atom is -0.481 e. The Labute approximate surface area is 160 Å². The fourth-order valence-electron chi connectivity index (χ4n) is 2.43. The lowest BCUT2D eigenvalue weighted by molar-refractivity contribution is -0.137. The lowest BCUT2D eigenvalue weighted by Crippen LogP contribution is -2.50. The molecule has 0 aliphatic rings. The van der Waals surface area contributed by atoms with Gasteiger partial charge in [-0.15, -0.1) is 0 Å². The molecular weight excluding hydrogens is 348 g/mol. The summed E-state index contributed by atoms with van der Waals surface area (Å²) in [7, 11) is 1.55. The minimum absolute atomic E-state index is 0.0706. The second kappa shape index (κ2) is 10.5. The first-order valence-electron chi connectivity index (χ1n) is 9.09. The van der Waals surface area contributed by atoms with Gasteiger partial charge in [-0.1, -0.05) is 30.3 Å². The Balaban J connectivity index is 2.76. The number of rotatable bonds is 9. The Morgan fingerprint density at radius 3 is 2.33 bits per heavy atom. The molecule has 0 saturated carbocycles. The van der Waals surface area contributed by atoms with Gasteiger partial charge >= 0.3 is 12.1 Å². The van der Waals surface area contributed by atoms with E-state index in [0.29, 0.717) is 25.8 Å². The molecule has 2 amide bonds. The van der Waals surface area contributed by atoms with Crippen molar-refractivity contribution in [1.82, 2.24) is 10.2 Å². The van der Waals surface area contributed by atoms with Crippen LogP contribution < -0.4 is 5.32 Å². The van der Waals surface area contributed by atoms with Gasteiger partial charge < -0.3 is 15.2 Å². The zero-order chi connectivity index (χ0) is 20.4. The van der Waals surface area contributed by atoms with Crippen molar-refractivity contribution in [3.63, 3.8) is 0 Å². The summed E-state index contributed by atoms with van der Waals surface area (Å²) in [4.78, 5) is 36.9. The number of ether oxygens (including phenoxy) is 1. The van der Waals surface area contributed by atoms with Crippen molar-refractivity contribution in [3.8, 4) is 0 Å². The van der Waals surface area contributed by atoms with Crippen molar-refractivity contribution in [2.45, 2.75) is 58.1 Å². The third-order valence-corrected chi connectivity index (χ3v) is 3.84. The smallest absolute Gasteiger partial charge is 0.410 e. The predicted molar refractivity (Wildman–Crippen MR) is 102 cm³/mol. The SMILES string of the molecule is CN(C(=O)OC(C)(C)C)[C@H](Cc1ccccc1)C(=O)NCCCCC(=O)O. The van der Waals surface area contributed by atoms with Crippen molar-refractivity contribution in [3.05, 3.63) is 35.9 Å². The highest BCUT2D eigenvalue weighted by atomic mass is 16.6. The molecule has 1 rings (SSSR count). The molecule has 0 fully saturated rings. The lowest BCUT2D eigenvalue weighted by atomic mass is 10.0. The third kappa shape index (κ3) is 9.08. The first-order chi connectivity index (χ1) is 12.6. The number of carboxylic acid groups (broad SMARTS) is 1. The minimum atomic E-state index is -0.854. The van der Waals surface area contributed by atoms with E-state index in [1.54, 1.807) is 27.8 Å². The van der Waals surface area contributed by atoms with E-state index in [1.165, 1.54) is 4.90 Å². The van der Waals surface area contributed by atoms with Gasteiger partial charge in [0.2, 0.25) is 5.91 Å². The fraction of sp³-hybridized carbons (Fsp3) is 0.550. The molecule has 1 aromatic rings. The van der Waals surface area contributed by atoms with Crippen molar-refractivity contribution in [2.24, 2.45) is 0 Å². The standard InChI is InChI=1S/C20H30N2O5/c1-20(2,3)27-19(26)22(4)16(14-15-10-6-5-7-11-15)18(25)21-13-9-8-12-17(23)24/h5-7,10-11,16H,8-9,12-14H2,1-4H3,(H,21,25)(H,23,24)/t16-/m1/s1. The topological polar surface area (TPSA) is 95.9 Å². The number of amides is 2. The van der Waals surface area contributed by atoms with Gasteiger partial charge in [-0.05, 0) is 39.2 Å². The molecule has 0 radical (unpaired) electrons. The number of carbonyl (C=O) groups excluding carboxylic acids is 2. The number of carboxylic acids is 1. The van der Waals surface area contributed by atoms with Gasteiger partial charge in [0.15, 0.2) is 0 Å². The fourth-order valence-corrected chi connectivity index (χ4v) is 2.43. The molecule has 0 spiro atoms. The molecule has 7 nitrogen and oxygen atoms in total. The largest absolute Gasteiger partial charge is 0.481 e. The maximum Gasteiger partial charge on any atom is 0.410 e. The van der Waals surface area contributed by atoms with E-state index in [-0.39, 0.29) is 12.3 Å². The van der Waals surface area contributed by atoms with Crippen LogP contribution in [0, 0.1) is 0 Å². The van der Waals surface area contributed by atoms with Gasteiger partial charge in [0, 0.05) is 26.4 Å². The van der Waals surface area contributed by atoms with E-state index in [0.717, 1.165) is 5.56 Å². The summed E-state index contributed by atoms with van der Waals surface area (Å²) >= 11 is 0. The number of hydrogen-bond donors (Lipinski definition) is 2. The average Bonchev–Trinajstić information content (AvgIpc) is 2.57. The number of likely N-dealkylation sites (N-methyl/N-ethyl adjacent to an activating group) is 1. The third-order valence-electron chi connectivity index (χ3n) is 3.84. The van der Waals surface area contributed by atoms with E-state index in [4.69, 9.17) is 9.84 Å². The molecule has 2 N–H and O–H groups in total. The van der Waals surface area contributed by atoms with Crippen LogP contribution in [-0.4, -0.2) is 53.2 Å². The molecular formula is C20H30N2O5. The average molecular weight is 378 g/mol. The highest BCUT2D eigenvalue weighted by Gasteiger charge is 2.30. The highest BCUT2D eigenvalue weighted by molar-refractivity contribution is 5.86. The molecule has 0 unspecified atom stereocenters. The number of unbranched alkanes of at least 4 members (excludes halogenated alkanes) is 1. The number of nitrogens with zero attached hydrogens (tertiary/aromatic N) is 1. The summed E-state index contributed by atoms with van der Waals surface area (Å²) in [6, 6.07) is 8.72. The van der Waals surface area contributed by atoms with Crippen LogP contribution >= 0.6 is 0 Å². The first-order valence-corrected chi connectivity index (χ1v) is 9.09. The monoisotopic (exact) mass is 378 g/mol. The van der Waals surface area contributed by atoms with Crippen LogP contribution in [0.4, 0.5) is 4.79 Å². The number of aliphatic carboxylic acids is 1. The summed E-state index contributed by atoms with van der Waals surface area (Å²) in [6.45, 7) is 5.67. The molecule has 0 aliphatic carbocycles. The van der Waals surface area contributed by atoms with Crippen molar-refractivity contribution >= 4 is 18.0 Å². The maximum atomic E-state index is 12.7. The van der Waals surface area contributed by atoms with Gasteiger partial charge in [0.05, 0.1) is 0 Å². The lowest BCUT2D eigenvalue weighted by Gasteiger charge is -2.30. The van der Waals surface area contributed by atoms with Crippen LogP contribution in [0.2, 0.25) is 0 Å². The van der Waals surface area contributed by atoms with Gasteiger partial charge in [0.1, 0.15) is 11.6 Å². The number of benzene rings is 1. The summed E-state index contributed by atoms with van der Waals surface area (Å²) in [6.07, 6.45) is 0.913. The van der Waals surface area contributed by atoms with Crippen LogP contribution in [0.5, 0.6) is 0 Å². The summed E-state index contributed by atoms with van der Waals surface area (Å²) < 4.78 is 5.38. The van der Waals surface area contributed by atoms with Gasteiger partial charge in [-0.2, -0.15) is 0 Å². The molecule has 1 aromatic carbocycles. The van der Waals surface area contributed by atoms with Crippen LogP contribution in [0.25, 0.3) is 0 Å².